The number of hydrogen-bond donors (Lipinski definition) is 0. The molecule has 2 rings (SSSR count). The molecule has 1 aromatic carbocycles. The van der Waals surface area contributed by atoms with E-state index in [1.54, 1.807) is 19.2 Å². The van der Waals surface area contributed by atoms with Gasteiger partial charge >= 0.3 is 0 Å². The number of pyridine rings is 1. The summed E-state index contributed by atoms with van der Waals surface area (Å²) >= 11 is 0. The van der Waals surface area contributed by atoms with Crippen molar-refractivity contribution in [1.29, 1.82) is 0 Å². The van der Waals surface area contributed by atoms with E-state index >= 15 is 0 Å². The van der Waals surface area contributed by atoms with E-state index in [-0.39, 0.29) is 17.7 Å². The summed E-state index contributed by atoms with van der Waals surface area (Å²) in [6.07, 6.45) is 3.05. The molecule has 0 radical (unpaired) electrons. The molecule has 0 fully saturated rings. The van der Waals surface area contributed by atoms with Crippen LogP contribution >= 0.6 is 0 Å². The van der Waals surface area contributed by atoms with Crippen LogP contribution in [-0.2, 0) is 0 Å². The molecule has 0 amide bonds. The number of aromatic nitrogens is 1. The van der Waals surface area contributed by atoms with E-state index in [9.17, 15) is 9.18 Å². The van der Waals surface area contributed by atoms with Crippen LogP contribution in [0.4, 0.5) is 4.39 Å². The van der Waals surface area contributed by atoms with Crippen LogP contribution in [0.1, 0.15) is 35.3 Å². The van der Waals surface area contributed by atoms with Crippen LogP contribution in [0.3, 0.4) is 0 Å². The Morgan fingerprint density at radius 3 is 2.60 bits per heavy atom. The number of ether oxygens (including phenoxy) is 1. The van der Waals surface area contributed by atoms with Crippen molar-refractivity contribution in [3.63, 3.8) is 0 Å². The summed E-state index contributed by atoms with van der Waals surface area (Å²) in [6.45, 7) is 5.43. The van der Waals surface area contributed by atoms with Gasteiger partial charge in [-0.15, -0.1) is 0 Å². The summed E-state index contributed by atoms with van der Waals surface area (Å²) in [4.78, 5) is 16.3. The molecule has 20 heavy (non-hydrogen) atoms. The molecule has 0 N–H and O–H groups in total. The molecule has 0 spiro atoms. The summed E-state index contributed by atoms with van der Waals surface area (Å²) < 4.78 is 18.7. The highest BCUT2D eigenvalue weighted by atomic mass is 19.1. The van der Waals surface area contributed by atoms with Gasteiger partial charge in [0.2, 0.25) is 0 Å². The highest BCUT2D eigenvalue weighted by Crippen LogP contribution is 2.18. The highest BCUT2D eigenvalue weighted by Gasteiger charge is 2.12. The number of benzene rings is 1. The van der Waals surface area contributed by atoms with Gasteiger partial charge < -0.3 is 4.74 Å². The van der Waals surface area contributed by atoms with E-state index < -0.39 is 0 Å². The van der Waals surface area contributed by atoms with Crippen molar-refractivity contribution in [3.05, 3.63) is 59.2 Å². The number of carbonyl (C=O) groups excluding carboxylic acids is 1. The SMILES string of the molecule is Cc1cc(C(=O)c2cncc(OC(C)C)c2)ccc1F. The zero-order chi connectivity index (χ0) is 14.7. The first-order valence-corrected chi connectivity index (χ1v) is 6.40. The number of hydrogen-bond acceptors (Lipinski definition) is 3. The zero-order valence-electron chi connectivity index (χ0n) is 11.7. The first kappa shape index (κ1) is 14.2. The van der Waals surface area contributed by atoms with Gasteiger partial charge in [-0.3, -0.25) is 9.78 Å². The van der Waals surface area contributed by atoms with Gasteiger partial charge in [0.05, 0.1) is 12.3 Å². The molecule has 3 nitrogen and oxygen atoms in total. The second-order valence-electron chi connectivity index (χ2n) is 4.87. The summed E-state index contributed by atoms with van der Waals surface area (Å²) in [7, 11) is 0. The summed E-state index contributed by atoms with van der Waals surface area (Å²) in [5, 5.41) is 0. The molecule has 0 bridgehead atoms. The van der Waals surface area contributed by atoms with Gasteiger partial charge in [0.15, 0.2) is 5.78 Å². The Labute approximate surface area is 117 Å². The quantitative estimate of drug-likeness (QED) is 0.800. The van der Waals surface area contributed by atoms with Crippen LogP contribution in [-0.4, -0.2) is 16.9 Å². The Balaban J connectivity index is 2.30. The maximum atomic E-state index is 13.2. The van der Waals surface area contributed by atoms with Crippen molar-refractivity contribution >= 4 is 5.78 Å². The van der Waals surface area contributed by atoms with E-state index in [1.807, 2.05) is 13.8 Å². The predicted octanol–water partition coefficient (Wildman–Crippen LogP) is 3.55. The molecule has 0 saturated heterocycles. The van der Waals surface area contributed by atoms with Crippen LogP contribution in [0.25, 0.3) is 0 Å². The van der Waals surface area contributed by atoms with Crippen molar-refractivity contribution in [3.8, 4) is 5.75 Å². The lowest BCUT2D eigenvalue weighted by Crippen LogP contribution is -2.08. The minimum atomic E-state index is -0.323. The number of rotatable bonds is 4. The van der Waals surface area contributed by atoms with Gasteiger partial charge in [-0.1, -0.05) is 0 Å². The molecular formula is C16H16FNO2. The molecule has 0 aliphatic rings. The van der Waals surface area contributed by atoms with E-state index in [1.165, 1.54) is 24.4 Å². The zero-order valence-corrected chi connectivity index (χ0v) is 11.7. The molecule has 104 valence electrons. The largest absolute Gasteiger partial charge is 0.489 e. The Hall–Kier alpha value is -2.23. The maximum Gasteiger partial charge on any atom is 0.194 e. The van der Waals surface area contributed by atoms with Crippen LogP contribution in [0.5, 0.6) is 5.75 Å². The molecule has 2 aromatic rings. The van der Waals surface area contributed by atoms with Crippen molar-refractivity contribution in [2.24, 2.45) is 0 Å². The van der Waals surface area contributed by atoms with Crippen molar-refractivity contribution in [2.75, 3.05) is 0 Å². The van der Waals surface area contributed by atoms with E-state index in [0.717, 1.165) is 0 Å². The van der Waals surface area contributed by atoms with Crippen molar-refractivity contribution in [2.45, 2.75) is 26.9 Å². The summed E-state index contributed by atoms with van der Waals surface area (Å²) in [5.41, 5.74) is 1.31. The average Bonchev–Trinajstić information content (AvgIpc) is 2.40. The van der Waals surface area contributed by atoms with Gasteiger partial charge in [0, 0.05) is 17.3 Å². The van der Waals surface area contributed by atoms with Crippen molar-refractivity contribution < 1.29 is 13.9 Å². The normalized spacial score (nSPS) is 10.7. The first-order valence-electron chi connectivity index (χ1n) is 6.40. The minimum absolute atomic E-state index is 0.00946. The third-order valence-electron chi connectivity index (χ3n) is 2.77. The molecule has 4 heteroatoms. The lowest BCUT2D eigenvalue weighted by Gasteiger charge is -2.10. The molecule has 1 aromatic heterocycles. The first-order chi connectivity index (χ1) is 9.47. The fourth-order valence-corrected chi connectivity index (χ4v) is 1.83. The molecular weight excluding hydrogens is 257 g/mol. The van der Waals surface area contributed by atoms with Crippen LogP contribution in [0.15, 0.2) is 36.7 Å². The molecule has 0 aliphatic heterocycles. The van der Waals surface area contributed by atoms with Gasteiger partial charge in [0.25, 0.3) is 0 Å². The van der Waals surface area contributed by atoms with Crippen molar-refractivity contribution in [1.82, 2.24) is 4.98 Å². The van der Waals surface area contributed by atoms with Gasteiger partial charge in [0.1, 0.15) is 11.6 Å². The number of nitrogens with zero attached hydrogens (tertiary/aromatic N) is 1. The number of halogens is 1. The van der Waals surface area contributed by atoms with Crippen LogP contribution in [0, 0.1) is 12.7 Å². The molecule has 0 unspecified atom stereocenters. The average molecular weight is 273 g/mol. The maximum absolute atomic E-state index is 13.2. The molecule has 0 atom stereocenters. The van der Waals surface area contributed by atoms with Crippen LogP contribution in [0.2, 0.25) is 0 Å². The number of ketones is 1. The second kappa shape index (κ2) is 5.82. The van der Waals surface area contributed by atoms with Crippen LogP contribution < -0.4 is 4.74 Å². The Morgan fingerprint density at radius 1 is 1.20 bits per heavy atom. The molecule has 0 saturated carbocycles. The topological polar surface area (TPSA) is 39.2 Å². The van der Waals surface area contributed by atoms with E-state index in [2.05, 4.69) is 4.98 Å². The fraction of sp³-hybridized carbons (Fsp3) is 0.250. The standard InChI is InChI=1S/C16H16FNO2/c1-10(2)20-14-7-13(8-18-9-14)16(19)12-4-5-15(17)11(3)6-12/h4-10H,1-3H3. The number of carbonyl (C=O) groups is 1. The Bertz CT molecular complexity index is 638. The highest BCUT2D eigenvalue weighted by molar-refractivity contribution is 6.09. The monoisotopic (exact) mass is 273 g/mol. The lowest BCUT2D eigenvalue weighted by atomic mass is 10.0. The van der Waals surface area contributed by atoms with Gasteiger partial charge in [-0.05, 0) is 50.6 Å². The predicted molar refractivity (Wildman–Crippen MR) is 74.6 cm³/mol. The Morgan fingerprint density at radius 2 is 1.95 bits per heavy atom. The van der Waals surface area contributed by atoms with E-state index in [4.69, 9.17) is 4.74 Å². The fourth-order valence-electron chi connectivity index (χ4n) is 1.83. The van der Waals surface area contributed by atoms with Gasteiger partial charge in [-0.2, -0.15) is 0 Å². The third kappa shape index (κ3) is 3.20. The van der Waals surface area contributed by atoms with E-state index in [0.29, 0.717) is 22.4 Å². The number of aryl methyl sites for hydroxylation is 1. The minimum Gasteiger partial charge on any atom is -0.489 e. The molecule has 0 aliphatic carbocycles. The second-order valence-corrected chi connectivity index (χ2v) is 4.87. The summed E-state index contributed by atoms with van der Waals surface area (Å²) in [6, 6.07) is 5.95. The smallest absolute Gasteiger partial charge is 0.194 e. The lowest BCUT2D eigenvalue weighted by molar-refractivity contribution is 0.103. The summed E-state index contributed by atoms with van der Waals surface area (Å²) in [5.74, 6) is 0.0241. The van der Waals surface area contributed by atoms with Gasteiger partial charge in [-0.25, -0.2) is 4.39 Å². The third-order valence-corrected chi connectivity index (χ3v) is 2.77. The Kier molecular flexibility index (Phi) is 4.13. The molecule has 1 heterocycles.